The Bertz CT molecular complexity index is 393. The van der Waals surface area contributed by atoms with Crippen molar-refractivity contribution in [1.82, 2.24) is 9.97 Å². The lowest BCUT2D eigenvalue weighted by molar-refractivity contribution is 0.0529. The van der Waals surface area contributed by atoms with Crippen LogP contribution in [0.25, 0.3) is 0 Å². The van der Waals surface area contributed by atoms with Gasteiger partial charge >= 0.3 is 12.0 Å². The first-order valence-corrected chi connectivity index (χ1v) is 5.32. The first-order chi connectivity index (χ1) is 8.00. The summed E-state index contributed by atoms with van der Waals surface area (Å²) in [7, 11) is 0. The van der Waals surface area contributed by atoms with Crippen LogP contribution in [0.2, 0.25) is 0 Å². The molecule has 0 aliphatic carbocycles. The third-order valence-electron chi connectivity index (χ3n) is 1.95. The molecule has 0 bridgehead atoms. The van der Waals surface area contributed by atoms with Crippen LogP contribution in [0.5, 0.6) is 6.01 Å². The minimum atomic E-state index is -1.04. The minimum Gasteiger partial charge on any atom is -0.478 e. The molecular formula is C11H16N2O4. The fourth-order valence-corrected chi connectivity index (χ4v) is 1.14. The average molecular weight is 240 g/mol. The third kappa shape index (κ3) is 4.36. The normalized spacial score (nSPS) is 10.6. The molecule has 0 aliphatic heterocycles. The summed E-state index contributed by atoms with van der Waals surface area (Å²) in [6, 6.07) is 0.167. The number of carboxylic acid groups (broad SMARTS) is 1. The molecule has 6 heteroatoms. The van der Waals surface area contributed by atoms with Crippen molar-refractivity contribution in [2.45, 2.75) is 26.9 Å². The van der Waals surface area contributed by atoms with Gasteiger partial charge in [-0.2, -0.15) is 4.98 Å². The second-order valence-electron chi connectivity index (χ2n) is 3.72. The molecule has 1 heterocycles. The topological polar surface area (TPSA) is 81.5 Å². The van der Waals surface area contributed by atoms with Crippen LogP contribution < -0.4 is 4.74 Å². The van der Waals surface area contributed by atoms with Crippen molar-refractivity contribution in [3.05, 3.63) is 17.5 Å². The smallest absolute Gasteiger partial charge is 0.339 e. The lowest BCUT2D eigenvalue weighted by Gasteiger charge is -2.08. The van der Waals surface area contributed by atoms with Gasteiger partial charge in [0.25, 0.3) is 0 Å². The Morgan fingerprint density at radius 1 is 1.47 bits per heavy atom. The molecule has 0 unspecified atom stereocenters. The Balaban J connectivity index is 2.50. The van der Waals surface area contributed by atoms with Crippen molar-refractivity contribution in [3.8, 4) is 6.01 Å². The molecule has 17 heavy (non-hydrogen) atoms. The third-order valence-corrected chi connectivity index (χ3v) is 1.95. The van der Waals surface area contributed by atoms with Gasteiger partial charge in [-0.3, -0.25) is 0 Å². The number of aromatic carboxylic acids is 1. The summed E-state index contributed by atoms with van der Waals surface area (Å²) in [6.07, 6.45) is 1.39. The maximum atomic E-state index is 10.7. The van der Waals surface area contributed by atoms with E-state index in [1.54, 1.807) is 6.92 Å². The molecule has 94 valence electrons. The Labute approximate surface area is 99.6 Å². The van der Waals surface area contributed by atoms with Gasteiger partial charge in [-0.1, -0.05) is 0 Å². The molecule has 0 radical (unpaired) electrons. The van der Waals surface area contributed by atoms with E-state index in [1.165, 1.54) is 6.20 Å². The van der Waals surface area contributed by atoms with E-state index in [2.05, 4.69) is 9.97 Å². The zero-order chi connectivity index (χ0) is 12.8. The molecule has 0 aromatic carbocycles. The van der Waals surface area contributed by atoms with Crippen LogP contribution in [0.3, 0.4) is 0 Å². The molecule has 0 fully saturated rings. The van der Waals surface area contributed by atoms with Crippen molar-refractivity contribution in [1.29, 1.82) is 0 Å². The number of hydrogen-bond acceptors (Lipinski definition) is 5. The summed E-state index contributed by atoms with van der Waals surface area (Å²) in [6.45, 7) is 6.25. The average Bonchev–Trinajstić information content (AvgIpc) is 2.23. The van der Waals surface area contributed by atoms with Gasteiger partial charge < -0.3 is 14.6 Å². The highest BCUT2D eigenvalue weighted by atomic mass is 16.5. The van der Waals surface area contributed by atoms with Crippen molar-refractivity contribution < 1.29 is 19.4 Å². The molecule has 1 N–H and O–H groups in total. The van der Waals surface area contributed by atoms with Gasteiger partial charge in [-0.25, -0.2) is 9.78 Å². The van der Waals surface area contributed by atoms with E-state index in [-0.39, 0.29) is 17.7 Å². The maximum absolute atomic E-state index is 10.7. The summed E-state index contributed by atoms with van der Waals surface area (Å²) < 4.78 is 10.5. The predicted octanol–water partition coefficient (Wildman–Crippen LogP) is 1.29. The van der Waals surface area contributed by atoms with Crippen molar-refractivity contribution >= 4 is 5.97 Å². The number of aryl methyl sites for hydroxylation is 1. The summed E-state index contributed by atoms with van der Waals surface area (Å²) in [5.74, 6) is -1.04. The highest BCUT2D eigenvalue weighted by Crippen LogP contribution is 2.08. The quantitative estimate of drug-likeness (QED) is 0.754. The molecule has 1 aromatic heterocycles. The first kappa shape index (κ1) is 13.4. The number of rotatable bonds is 6. The van der Waals surface area contributed by atoms with E-state index >= 15 is 0 Å². The van der Waals surface area contributed by atoms with Crippen LogP contribution in [0.4, 0.5) is 0 Å². The second kappa shape index (κ2) is 6.15. The second-order valence-corrected chi connectivity index (χ2v) is 3.72. The molecule has 0 atom stereocenters. The Morgan fingerprint density at radius 2 is 2.18 bits per heavy atom. The van der Waals surface area contributed by atoms with Gasteiger partial charge in [0, 0.05) is 6.20 Å². The number of ether oxygens (including phenoxy) is 2. The maximum Gasteiger partial charge on any atom is 0.339 e. The van der Waals surface area contributed by atoms with Crippen molar-refractivity contribution in [2.75, 3.05) is 13.2 Å². The van der Waals surface area contributed by atoms with E-state index in [4.69, 9.17) is 14.6 Å². The molecule has 1 aromatic rings. The summed E-state index contributed by atoms with van der Waals surface area (Å²) >= 11 is 0. The van der Waals surface area contributed by atoms with E-state index in [0.717, 1.165) is 0 Å². The predicted molar refractivity (Wildman–Crippen MR) is 60.3 cm³/mol. The Hall–Kier alpha value is -1.69. The van der Waals surface area contributed by atoms with Crippen LogP contribution in [-0.2, 0) is 4.74 Å². The van der Waals surface area contributed by atoms with Crippen molar-refractivity contribution in [3.63, 3.8) is 0 Å². The van der Waals surface area contributed by atoms with E-state index in [9.17, 15) is 4.79 Å². The molecule has 6 nitrogen and oxygen atoms in total. The lowest BCUT2D eigenvalue weighted by Crippen LogP contribution is -2.13. The molecule has 1 rings (SSSR count). The van der Waals surface area contributed by atoms with Crippen LogP contribution in [0, 0.1) is 6.92 Å². The summed E-state index contributed by atoms with van der Waals surface area (Å²) in [5.41, 5.74) is 0.461. The standard InChI is InChI=1S/C11H16N2O4/c1-7(2)16-4-5-17-11-12-6-9(10(14)15)8(3)13-11/h6-7H,4-5H2,1-3H3,(H,14,15). The van der Waals surface area contributed by atoms with Gasteiger partial charge in [-0.05, 0) is 20.8 Å². The van der Waals surface area contributed by atoms with E-state index in [1.807, 2.05) is 13.8 Å². The number of aromatic nitrogens is 2. The monoisotopic (exact) mass is 240 g/mol. The van der Waals surface area contributed by atoms with Gasteiger partial charge in [0.1, 0.15) is 6.61 Å². The van der Waals surface area contributed by atoms with Gasteiger partial charge in [0.2, 0.25) is 0 Å². The summed E-state index contributed by atoms with van der Waals surface area (Å²) in [5, 5.41) is 8.79. The molecule has 0 saturated heterocycles. The van der Waals surface area contributed by atoms with Crippen molar-refractivity contribution in [2.24, 2.45) is 0 Å². The van der Waals surface area contributed by atoms with Crippen LogP contribution in [0.1, 0.15) is 29.9 Å². The zero-order valence-electron chi connectivity index (χ0n) is 10.1. The summed E-state index contributed by atoms with van der Waals surface area (Å²) in [4.78, 5) is 18.5. The Morgan fingerprint density at radius 3 is 2.71 bits per heavy atom. The highest BCUT2D eigenvalue weighted by molar-refractivity contribution is 5.88. The number of carbonyl (C=O) groups is 1. The lowest BCUT2D eigenvalue weighted by atomic mass is 10.2. The SMILES string of the molecule is Cc1nc(OCCOC(C)C)ncc1C(=O)O. The van der Waals surface area contributed by atoms with Crippen LogP contribution in [-0.4, -0.2) is 40.4 Å². The van der Waals surface area contributed by atoms with Crippen LogP contribution >= 0.6 is 0 Å². The fourth-order valence-electron chi connectivity index (χ4n) is 1.14. The zero-order valence-corrected chi connectivity index (χ0v) is 10.1. The van der Waals surface area contributed by atoms with E-state index < -0.39 is 5.97 Å². The Kier molecular flexibility index (Phi) is 4.84. The largest absolute Gasteiger partial charge is 0.478 e. The molecule has 0 saturated carbocycles. The molecule has 0 aliphatic rings. The van der Waals surface area contributed by atoms with Crippen LogP contribution in [0.15, 0.2) is 6.20 Å². The first-order valence-electron chi connectivity index (χ1n) is 5.32. The molecular weight excluding hydrogens is 224 g/mol. The van der Waals surface area contributed by atoms with Gasteiger partial charge in [0.05, 0.1) is 24.0 Å². The number of nitrogens with zero attached hydrogens (tertiary/aromatic N) is 2. The number of hydrogen-bond donors (Lipinski definition) is 1. The molecule has 0 amide bonds. The van der Waals surface area contributed by atoms with Gasteiger partial charge in [0.15, 0.2) is 0 Å². The fraction of sp³-hybridized carbons (Fsp3) is 0.545. The number of carboxylic acids is 1. The van der Waals surface area contributed by atoms with Gasteiger partial charge in [-0.15, -0.1) is 0 Å². The minimum absolute atomic E-state index is 0.0794. The molecule has 0 spiro atoms. The van der Waals surface area contributed by atoms with E-state index in [0.29, 0.717) is 18.9 Å². The highest BCUT2D eigenvalue weighted by Gasteiger charge is 2.10.